The lowest BCUT2D eigenvalue weighted by Gasteiger charge is -2.20. The van der Waals surface area contributed by atoms with E-state index in [1.54, 1.807) is 12.2 Å². The highest BCUT2D eigenvalue weighted by molar-refractivity contribution is 5.81. The van der Waals surface area contributed by atoms with Gasteiger partial charge in [-0.3, -0.25) is 4.79 Å². The molecule has 1 rings (SSSR count). The number of Topliss-reactive ketones (excluding diaryl/α,β-unsaturated/α-hetero) is 1. The molecular weight excluding hydrogens is 132 g/mol. The summed E-state index contributed by atoms with van der Waals surface area (Å²) in [6, 6.07) is 0. The van der Waals surface area contributed by atoms with Crippen molar-refractivity contribution in [1.29, 1.82) is 0 Å². The normalized spacial score (nSPS) is 32.2. The summed E-state index contributed by atoms with van der Waals surface area (Å²) in [6.45, 7) is 1.83. The maximum Gasteiger partial charge on any atom is 0.161 e. The van der Waals surface area contributed by atoms with E-state index in [9.17, 15) is 4.79 Å². The molecule has 0 amide bonds. The number of rotatable bonds is 1. The third-order valence-electron chi connectivity index (χ3n) is 1.42. The molecule has 1 aliphatic heterocycles. The van der Waals surface area contributed by atoms with Gasteiger partial charge in [-0.05, 0) is 6.92 Å². The lowest BCUT2D eigenvalue weighted by molar-refractivity contribution is -0.133. The molecule has 0 aromatic heterocycles. The van der Waals surface area contributed by atoms with Crippen LogP contribution in [0.15, 0.2) is 12.2 Å². The van der Waals surface area contributed by atoms with Crippen LogP contribution in [0.1, 0.15) is 6.92 Å². The molecule has 56 valence electrons. The van der Waals surface area contributed by atoms with Crippen molar-refractivity contribution in [2.75, 3.05) is 6.61 Å². The average molecular weight is 142 g/mol. The predicted molar refractivity (Wildman–Crippen MR) is 35.6 cm³/mol. The minimum Gasteiger partial charge on any atom is -0.386 e. The van der Waals surface area contributed by atoms with Gasteiger partial charge in [0, 0.05) is 0 Å². The molecule has 0 fully saturated rings. The molecule has 0 saturated carbocycles. The zero-order valence-electron chi connectivity index (χ0n) is 5.78. The Kier molecular flexibility index (Phi) is 2.19. The Labute approximate surface area is 59.3 Å². The first kappa shape index (κ1) is 7.44. The second kappa shape index (κ2) is 2.94. The zero-order valence-corrected chi connectivity index (χ0v) is 5.78. The van der Waals surface area contributed by atoms with E-state index in [1.165, 1.54) is 6.92 Å². The largest absolute Gasteiger partial charge is 0.386 e. The summed E-state index contributed by atoms with van der Waals surface area (Å²) < 4.78 is 4.97. The minimum atomic E-state index is -0.758. The summed E-state index contributed by atoms with van der Waals surface area (Å²) in [5.74, 6) is -0.128. The highest BCUT2D eigenvalue weighted by Gasteiger charge is 2.23. The van der Waals surface area contributed by atoms with Crippen molar-refractivity contribution in [2.45, 2.75) is 19.1 Å². The second-order valence-corrected chi connectivity index (χ2v) is 2.28. The molecule has 3 heteroatoms. The Bertz CT molecular complexity index is 162. The summed E-state index contributed by atoms with van der Waals surface area (Å²) in [5.41, 5.74) is 0. The van der Waals surface area contributed by atoms with Gasteiger partial charge >= 0.3 is 0 Å². The zero-order chi connectivity index (χ0) is 7.56. The summed E-state index contributed by atoms with van der Waals surface area (Å²) in [6.07, 6.45) is 1.87. The third-order valence-corrected chi connectivity index (χ3v) is 1.42. The number of hydrogen-bond acceptors (Lipinski definition) is 3. The first-order valence-corrected chi connectivity index (χ1v) is 3.18. The fourth-order valence-corrected chi connectivity index (χ4v) is 0.912. The van der Waals surface area contributed by atoms with Crippen molar-refractivity contribution in [3.05, 3.63) is 12.2 Å². The lowest BCUT2D eigenvalue weighted by Crippen LogP contribution is -2.36. The number of hydrogen-bond donors (Lipinski definition) is 1. The molecular formula is C7H10O3. The summed E-state index contributed by atoms with van der Waals surface area (Å²) >= 11 is 0. The minimum absolute atomic E-state index is 0.128. The van der Waals surface area contributed by atoms with Crippen LogP contribution >= 0.6 is 0 Å². The van der Waals surface area contributed by atoms with Crippen molar-refractivity contribution in [2.24, 2.45) is 0 Å². The van der Waals surface area contributed by atoms with Crippen LogP contribution < -0.4 is 0 Å². The van der Waals surface area contributed by atoms with E-state index in [0.717, 1.165) is 0 Å². The monoisotopic (exact) mass is 142 g/mol. The van der Waals surface area contributed by atoms with Crippen molar-refractivity contribution in [1.82, 2.24) is 0 Å². The molecule has 10 heavy (non-hydrogen) atoms. The summed E-state index contributed by atoms with van der Waals surface area (Å²) in [4.78, 5) is 10.7. The van der Waals surface area contributed by atoms with E-state index in [1.807, 2.05) is 0 Å². The number of ether oxygens (including phenoxy) is 1. The highest BCUT2D eigenvalue weighted by atomic mass is 16.5. The van der Waals surface area contributed by atoms with Crippen molar-refractivity contribution < 1.29 is 14.6 Å². The van der Waals surface area contributed by atoms with Gasteiger partial charge in [-0.25, -0.2) is 0 Å². The fraction of sp³-hybridized carbons (Fsp3) is 0.571. The van der Waals surface area contributed by atoms with E-state index in [4.69, 9.17) is 9.84 Å². The van der Waals surface area contributed by atoms with E-state index in [-0.39, 0.29) is 5.78 Å². The molecule has 2 atom stereocenters. The van der Waals surface area contributed by atoms with Crippen LogP contribution in [-0.2, 0) is 9.53 Å². The number of ketones is 1. The molecule has 0 aromatic rings. The Morgan fingerprint density at radius 3 is 2.90 bits per heavy atom. The summed E-state index contributed by atoms with van der Waals surface area (Å²) in [7, 11) is 0. The van der Waals surface area contributed by atoms with E-state index in [2.05, 4.69) is 0 Å². The molecule has 0 bridgehead atoms. The smallest absolute Gasteiger partial charge is 0.161 e. The van der Waals surface area contributed by atoms with Crippen molar-refractivity contribution >= 4 is 5.78 Å². The van der Waals surface area contributed by atoms with Gasteiger partial charge in [0.2, 0.25) is 0 Å². The van der Waals surface area contributed by atoms with Gasteiger partial charge in [0.25, 0.3) is 0 Å². The predicted octanol–water partition coefficient (Wildman–Crippen LogP) is -0.109. The van der Waals surface area contributed by atoms with Crippen molar-refractivity contribution in [3.63, 3.8) is 0 Å². The van der Waals surface area contributed by atoms with Gasteiger partial charge in [-0.15, -0.1) is 0 Å². The van der Waals surface area contributed by atoms with E-state index >= 15 is 0 Å². The topological polar surface area (TPSA) is 46.5 Å². The van der Waals surface area contributed by atoms with Crippen LogP contribution in [0.3, 0.4) is 0 Å². The third kappa shape index (κ3) is 1.43. The standard InChI is InChI=1S/C7H10O3/c1-5(8)7-6(9)3-2-4-10-7/h2-3,6-7,9H,4H2,1H3/t6-,7+/m0/s1. The average Bonchev–Trinajstić information content (AvgIpc) is 1.88. The van der Waals surface area contributed by atoms with Gasteiger partial charge in [-0.2, -0.15) is 0 Å². The molecule has 0 aliphatic carbocycles. The number of aliphatic hydroxyl groups excluding tert-OH is 1. The number of carbonyl (C=O) groups is 1. The van der Waals surface area contributed by atoms with Crippen LogP contribution in [0.5, 0.6) is 0 Å². The quantitative estimate of drug-likeness (QED) is 0.520. The van der Waals surface area contributed by atoms with Gasteiger partial charge in [0.15, 0.2) is 5.78 Å². The molecule has 1 N–H and O–H groups in total. The molecule has 1 heterocycles. The van der Waals surface area contributed by atoms with Gasteiger partial charge in [-0.1, -0.05) is 12.2 Å². The molecule has 1 aliphatic rings. The number of carbonyl (C=O) groups excluding carboxylic acids is 1. The van der Waals surface area contributed by atoms with Crippen LogP contribution in [-0.4, -0.2) is 29.7 Å². The highest BCUT2D eigenvalue weighted by Crippen LogP contribution is 2.07. The second-order valence-electron chi connectivity index (χ2n) is 2.28. The van der Waals surface area contributed by atoms with Crippen LogP contribution in [0.25, 0.3) is 0 Å². The molecule has 0 aromatic carbocycles. The number of aliphatic hydroxyl groups is 1. The van der Waals surface area contributed by atoms with Gasteiger partial charge in [0.1, 0.15) is 12.2 Å². The SMILES string of the molecule is CC(=O)[C@H]1OCC=C[C@@H]1O. The Balaban J connectivity index is 2.60. The van der Waals surface area contributed by atoms with Crippen LogP contribution in [0.2, 0.25) is 0 Å². The lowest BCUT2D eigenvalue weighted by atomic mass is 10.1. The van der Waals surface area contributed by atoms with E-state index in [0.29, 0.717) is 6.61 Å². The molecule has 0 spiro atoms. The Hall–Kier alpha value is -0.670. The van der Waals surface area contributed by atoms with Crippen LogP contribution in [0, 0.1) is 0 Å². The Morgan fingerprint density at radius 2 is 2.50 bits per heavy atom. The van der Waals surface area contributed by atoms with Crippen LogP contribution in [0.4, 0.5) is 0 Å². The van der Waals surface area contributed by atoms with E-state index < -0.39 is 12.2 Å². The molecule has 0 radical (unpaired) electrons. The maximum absolute atomic E-state index is 10.7. The Morgan fingerprint density at radius 1 is 1.80 bits per heavy atom. The summed E-state index contributed by atoms with van der Waals surface area (Å²) in [5, 5.41) is 9.11. The molecule has 0 unspecified atom stereocenters. The first-order valence-electron chi connectivity index (χ1n) is 3.18. The van der Waals surface area contributed by atoms with Crippen molar-refractivity contribution in [3.8, 4) is 0 Å². The molecule has 3 nitrogen and oxygen atoms in total. The van der Waals surface area contributed by atoms with Gasteiger partial charge < -0.3 is 9.84 Å². The van der Waals surface area contributed by atoms with Gasteiger partial charge in [0.05, 0.1) is 6.61 Å². The first-order chi connectivity index (χ1) is 4.72. The maximum atomic E-state index is 10.7. The fourth-order valence-electron chi connectivity index (χ4n) is 0.912. The molecule has 0 saturated heterocycles.